The van der Waals surface area contributed by atoms with Gasteiger partial charge in [-0.1, -0.05) is 6.42 Å². The third kappa shape index (κ3) is 3.67. The molecule has 0 aromatic carbocycles. The molecule has 3 heterocycles. The summed E-state index contributed by atoms with van der Waals surface area (Å²) in [5.74, 6) is 0.583. The number of fused-ring (bicyclic) bond motifs is 1. The van der Waals surface area contributed by atoms with Crippen LogP contribution < -0.4 is 10.2 Å². The Labute approximate surface area is 151 Å². The maximum atomic E-state index is 12.8. The molecule has 6 nitrogen and oxygen atoms in total. The lowest BCUT2D eigenvalue weighted by Gasteiger charge is -2.29. The van der Waals surface area contributed by atoms with E-state index in [1.54, 1.807) is 23.6 Å². The number of nitrogens with zero attached hydrogens (tertiary/aromatic N) is 3. The van der Waals surface area contributed by atoms with E-state index in [-0.39, 0.29) is 5.91 Å². The Morgan fingerprint density at radius 2 is 2.04 bits per heavy atom. The third-order valence-electron chi connectivity index (χ3n) is 4.66. The summed E-state index contributed by atoms with van der Waals surface area (Å²) < 4.78 is 5.40. The largest absolute Gasteiger partial charge is 0.378 e. The fourth-order valence-corrected chi connectivity index (χ4v) is 4.39. The number of ether oxygens (including phenoxy) is 1. The molecule has 2 aliphatic rings. The lowest BCUT2D eigenvalue weighted by molar-refractivity contribution is 0.102. The van der Waals surface area contributed by atoms with Gasteiger partial charge in [-0.05, 0) is 37.8 Å². The molecule has 132 valence electrons. The first-order chi connectivity index (χ1) is 12.3. The Morgan fingerprint density at radius 1 is 1.20 bits per heavy atom. The molecular formula is C18H22N4O2S. The van der Waals surface area contributed by atoms with Crippen LogP contribution in [0.15, 0.2) is 18.3 Å². The topological polar surface area (TPSA) is 67.4 Å². The third-order valence-corrected chi connectivity index (χ3v) is 5.73. The monoisotopic (exact) mass is 358 g/mol. The smallest absolute Gasteiger partial charge is 0.261 e. The van der Waals surface area contributed by atoms with E-state index in [1.807, 2.05) is 6.07 Å². The van der Waals surface area contributed by atoms with E-state index in [4.69, 9.17) is 4.74 Å². The lowest BCUT2D eigenvalue weighted by atomic mass is 10.2. The van der Waals surface area contributed by atoms with Crippen LogP contribution in [0.4, 0.5) is 10.9 Å². The number of rotatable bonds is 3. The van der Waals surface area contributed by atoms with Crippen molar-refractivity contribution in [3.8, 4) is 0 Å². The molecule has 0 atom stereocenters. The normalized spacial score (nSPS) is 17.7. The molecule has 25 heavy (non-hydrogen) atoms. The second-order valence-corrected chi connectivity index (χ2v) is 7.46. The van der Waals surface area contributed by atoms with Crippen molar-refractivity contribution in [3.05, 3.63) is 34.5 Å². The van der Waals surface area contributed by atoms with Gasteiger partial charge < -0.3 is 9.64 Å². The number of amides is 1. The molecule has 4 rings (SSSR count). The van der Waals surface area contributed by atoms with Crippen LogP contribution in [-0.4, -0.2) is 42.2 Å². The summed E-state index contributed by atoms with van der Waals surface area (Å²) >= 11 is 1.62. The molecular weight excluding hydrogens is 336 g/mol. The van der Waals surface area contributed by atoms with Gasteiger partial charge in [0.25, 0.3) is 5.91 Å². The molecule has 1 N–H and O–H groups in total. The van der Waals surface area contributed by atoms with Crippen molar-refractivity contribution in [1.82, 2.24) is 9.97 Å². The van der Waals surface area contributed by atoms with E-state index < -0.39 is 0 Å². The van der Waals surface area contributed by atoms with Gasteiger partial charge in [-0.25, -0.2) is 9.97 Å². The van der Waals surface area contributed by atoms with Gasteiger partial charge in [0.2, 0.25) is 0 Å². The minimum absolute atomic E-state index is 0.140. The van der Waals surface area contributed by atoms with E-state index in [2.05, 4.69) is 20.2 Å². The number of aromatic nitrogens is 2. The number of aryl methyl sites for hydroxylation is 2. The summed E-state index contributed by atoms with van der Waals surface area (Å²) in [6.45, 7) is 2.83. The molecule has 1 aliphatic heterocycles. The molecule has 1 fully saturated rings. The number of hydrogen-bond acceptors (Lipinski definition) is 6. The summed E-state index contributed by atoms with van der Waals surface area (Å²) in [5.41, 5.74) is 1.76. The molecule has 0 bridgehead atoms. The minimum Gasteiger partial charge on any atom is -0.378 e. The second kappa shape index (κ2) is 7.49. The van der Waals surface area contributed by atoms with Crippen LogP contribution in [-0.2, 0) is 17.6 Å². The summed E-state index contributed by atoms with van der Waals surface area (Å²) in [7, 11) is 0. The second-order valence-electron chi connectivity index (χ2n) is 6.38. The van der Waals surface area contributed by atoms with E-state index in [0.717, 1.165) is 37.4 Å². The summed E-state index contributed by atoms with van der Waals surface area (Å²) in [6, 6.07) is 3.63. The van der Waals surface area contributed by atoms with Crippen molar-refractivity contribution >= 4 is 28.2 Å². The quantitative estimate of drug-likeness (QED) is 0.855. The van der Waals surface area contributed by atoms with Gasteiger partial charge >= 0.3 is 0 Å². The number of carbonyl (C=O) groups excluding carboxylic acids is 1. The van der Waals surface area contributed by atoms with Gasteiger partial charge in [0, 0.05) is 24.2 Å². The number of morpholine rings is 1. The minimum atomic E-state index is -0.140. The van der Waals surface area contributed by atoms with Crippen molar-refractivity contribution in [2.45, 2.75) is 32.1 Å². The van der Waals surface area contributed by atoms with E-state index in [0.29, 0.717) is 23.9 Å². The van der Waals surface area contributed by atoms with Crippen molar-refractivity contribution in [1.29, 1.82) is 0 Å². The Kier molecular flexibility index (Phi) is 4.94. The zero-order valence-corrected chi connectivity index (χ0v) is 15.0. The van der Waals surface area contributed by atoms with Crippen molar-refractivity contribution in [2.75, 3.05) is 36.5 Å². The number of carbonyl (C=O) groups is 1. The predicted octanol–water partition coefficient (Wildman–Crippen LogP) is 2.90. The van der Waals surface area contributed by atoms with E-state index in [1.165, 1.54) is 24.1 Å². The van der Waals surface area contributed by atoms with Crippen molar-refractivity contribution in [3.63, 3.8) is 0 Å². The highest BCUT2D eigenvalue weighted by Gasteiger charge is 2.21. The molecule has 2 aromatic rings. The summed E-state index contributed by atoms with van der Waals surface area (Å²) in [4.78, 5) is 25.3. The molecule has 1 aliphatic carbocycles. The molecule has 0 saturated carbocycles. The number of thiazole rings is 1. The molecule has 0 unspecified atom stereocenters. The molecule has 1 saturated heterocycles. The standard InChI is InChI=1S/C18H22N4O2S/c23-17(21-18-20-14-6-2-1-3-7-15(14)25-18)13-5-4-8-19-16(13)22-9-11-24-12-10-22/h4-5,8H,1-3,6-7,9-12H2,(H,20,21,23). The lowest BCUT2D eigenvalue weighted by Crippen LogP contribution is -2.38. The Balaban J connectivity index is 1.53. The first-order valence-electron chi connectivity index (χ1n) is 8.89. The highest BCUT2D eigenvalue weighted by molar-refractivity contribution is 7.15. The molecule has 2 aromatic heterocycles. The summed E-state index contributed by atoms with van der Waals surface area (Å²) in [6.07, 6.45) is 7.50. The predicted molar refractivity (Wildman–Crippen MR) is 98.6 cm³/mol. The number of anilines is 2. The maximum Gasteiger partial charge on any atom is 0.261 e. The zero-order chi connectivity index (χ0) is 17.1. The SMILES string of the molecule is O=C(Nc1nc2c(s1)CCCCC2)c1cccnc1N1CCOCC1. The number of hydrogen-bond donors (Lipinski definition) is 1. The zero-order valence-electron chi connectivity index (χ0n) is 14.2. The van der Waals surface area contributed by atoms with E-state index >= 15 is 0 Å². The van der Waals surface area contributed by atoms with Gasteiger partial charge in [-0.3, -0.25) is 10.1 Å². The fraction of sp³-hybridized carbons (Fsp3) is 0.500. The Morgan fingerprint density at radius 3 is 2.92 bits per heavy atom. The molecule has 1 amide bonds. The van der Waals surface area contributed by atoms with Crippen LogP contribution in [0.25, 0.3) is 0 Å². The van der Waals surface area contributed by atoms with Gasteiger partial charge in [0.1, 0.15) is 5.82 Å². The van der Waals surface area contributed by atoms with Crippen molar-refractivity contribution < 1.29 is 9.53 Å². The van der Waals surface area contributed by atoms with E-state index in [9.17, 15) is 4.79 Å². The van der Waals surface area contributed by atoms with Crippen LogP contribution in [0.5, 0.6) is 0 Å². The summed E-state index contributed by atoms with van der Waals surface area (Å²) in [5, 5.41) is 3.69. The molecule has 7 heteroatoms. The van der Waals surface area contributed by atoms with Gasteiger partial charge in [0.05, 0.1) is 24.5 Å². The van der Waals surface area contributed by atoms with Gasteiger partial charge in [-0.15, -0.1) is 11.3 Å². The van der Waals surface area contributed by atoms with Gasteiger partial charge in [0.15, 0.2) is 5.13 Å². The van der Waals surface area contributed by atoms with Crippen LogP contribution in [0.2, 0.25) is 0 Å². The van der Waals surface area contributed by atoms with Gasteiger partial charge in [-0.2, -0.15) is 0 Å². The Bertz CT molecular complexity index is 732. The average molecular weight is 358 g/mol. The highest BCUT2D eigenvalue weighted by atomic mass is 32.1. The number of nitrogens with one attached hydrogen (secondary N) is 1. The van der Waals surface area contributed by atoms with Crippen molar-refractivity contribution in [2.24, 2.45) is 0 Å². The van der Waals surface area contributed by atoms with Crippen LogP contribution in [0, 0.1) is 0 Å². The number of pyridine rings is 1. The highest BCUT2D eigenvalue weighted by Crippen LogP contribution is 2.29. The van der Waals surface area contributed by atoms with Crippen LogP contribution in [0.1, 0.15) is 40.2 Å². The molecule has 0 radical (unpaired) electrons. The first-order valence-corrected chi connectivity index (χ1v) is 9.70. The van der Waals surface area contributed by atoms with Crippen LogP contribution >= 0.6 is 11.3 Å². The average Bonchev–Trinajstić information content (AvgIpc) is 2.90. The van der Waals surface area contributed by atoms with Crippen LogP contribution in [0.3, 0.4) is 0 Å². The Hall–Kier alpha value is -1.99. The first kappa shape index (κ1) is 16.5. The molecule has 0 spiro atoms. The fourth-order valence-electron chi connectivity index (χ4n) is 3.35. The maximum absolute atomic E-state index is 12.8.